The second-order valence-corrected chi connectivity index (χ2v) is 7.41. The van der Waals surface area contributed by atoms with Gasteiger partial charge >= 0.3 is 0 Å². The lowest BCUT2D eigenvalue weighted by atomic mass is 9.90. The predicted octanol–water partition coefficient (Wildman–Crippen LogP) is 2.81. The Kier molecular flexibility index (Phi) is 4.93. The van der Waals surface area contributed by atoms with Crippen LogP contribution in [0.5, 0.6) is 0 Å². The lowest BCUT2D eigenvalue weighted by molar-refractivity contribution is 0.105. The van der Waals surface area contributed by atoms with E-state index in [0.717, 1.165) is 6.42 Å². The fourth-order valence-electron chi connectivity index (χ4n) is 2.13. The summed E-state index contributed by atoms with van der Waals surface area (Å²) in [6.07, 6.45) is 1.47. The Morgan fingerprint density at radius 3 is 2.33 bits per heavy atom. The third-order valence-electron chi connectivity index (χ3n) is 3.01. The second kappa shape index (κ2) is 5.85. The number of benzene rings is 1. The van der Waals surface area contributed by atoms with Gasteiger partial charge in [0.1, 0.15) is 0 Å². The lowest BCUT2D eigenvalue weighted by Crippen LogP contribution is -2.12. The van der Waals surface area contributed by atoms with Crippen LogP contribution in [0.15, 0.2) is 29.2 Å². The van der Waals surface area contributed by atoms with E-state index in [-0.39, 0.29) is 10.8 Å². The zero-order valence-corrected chi connectivity index (χ0v) is 12.2. The third kappa shape index (κ3) is 4.10. The van der Waals surface area contributed by atoms with Gasteiger partial charge in [-0.2, -0.15) is 0 Å². The van der Waals surface area contributed by atoms with Crippen molar-refractivity contribution in [2.75, 3.05) is 6.26 Å². The largest absolute Gasteiger partial charge is 0.388 e. The summed E-state index contributed by atoms with van der Waals surface area (Å²) >= 11 is 0. The molecular weight excluding hydrogens is 248 g/mol. The quantitative estimate of drug-likeness (QED) is 0.895. The van der Waals surface area contributed by atoms with Gasteiger partial charge in [-0.15, -0.1) is 0 Å². The highest BCUT2D eigenvalue weighted by Gasteiger charge is 2.19. The first-order chi connectivity index (χ1) is 8.21. The maximum absolute atomic E-state index is 11.5. The summed E-state index contributed by atoms with van der Waals surface area (Å²) in [6.45, 7) is 6.20. The molecule has 2 atom stereocenters. The van der Waals surface area contributed by atoms with Crippen molar-refractivity contribution < 1.29 is 13.5 Å². The molecular formula is C14H22O3S. The smallest absolute Gasteiger partial charge is 0.175 e. The van der Waals surface area contributed by atoms with Crippen molar-refractivity contribution in [3.8, 4) is 0 Å². The van der Waals surface area contributed by atoms with Crippen LogP contribution in [-0.2, 0) is 9.84 Å². The van der Waals surface area contributed by atoms with Gasteiger partial charge in [0, 0.05) is 6.26 Å². The first-order valence-corrected chi connectivity index (χ1v) is 8.09. The number of sulfone groups is 1. The van der Waals surface area contributed by atoms with Gasteiger partial charge in [-0.3, -0.25) is 0 Å². The molecule has 0 aliphatic heterocycles. The molecule has 1 aromatic rings. The molecule has 0 aliphatic carbocycles. The Morgan fingerprint density at radius 1 is 1.22 bits per heavy atom. The summed E-state index contributed by atoms with van der Waals surface area (Å²) in [7, 11) is -3.22. The minimum absolute atomic E-state index is 0.111. The van der Waals surface area contributed by atoms with E-state index < -0.39 is 15.9 Å². The molecule has 1 rings (SSSR count). The molecule has 0 aliphatic rings. The van der Waals surface area contributed by atoms with E-state index in [0.29, 0.717) is 11.5 Å². The first kappa shape index (κ1) is 15.2. The molecule has 1 N–H and O–H groups in total. The van der Waals surface area contributed by atoms with E-state index in [9.17, 15) is 13.5 Å². The minimum atomic E-state index is -3.22. The second-order valence-electron chi connectivity index (χ2n) is 5.40. The molecule has 0 heterocycles. The van der Waals surface area contributed by atoms with Crippen LogP contribution in [-0.4, -0.2) is 19.8 Å². The van der Waals surface area contributed by atoms with Crippen LogP contribution in [0.3, 0.4) is 0 Å². The highest BCUT2D eigenvalue weighted by atomic mass is 32.2. The highest BCUT2D eigenvalue weighted by Crippen LogP contribution is 2.28. The van der Waals surface area contributed by atoms with Crippen LogP contribution < -0.4 is 0 Å². The Morgan fingerprint density at radius 2 is 1.83 bits per heavy atom. The zero-order chi connectivity index (χ0) is 13.9. The van der Waals surface area contributed by atoms with Crippen LogP contribution in [0.1, 0.15) is 38.9 Å². The normalized spacial score (nSPS) is 15.7. The first-order valence-electron chi connectivity index (χ1n) is 6.20. The van der Waals surface area contributed by atoms with Gasteiger partial charge in [0.25, 0.3) is 0 Å². The maximum atomic E-state index is 11.5. The standard InChI is InChI=1S/C14H22O3S/c1-10(2)8-11(3)14(15)12-6-5-7-13(9-12)18(4,16)17/h5-7,9-11,14-15H,8H2,1-4H3. The highest BCUT2D eigenvalue weighted by molar-refractivity contribution is 7.90. The summed E-state index contributed by atoms with van der Waals surface area (Å²) in [5.41, 5.74) is 0.672. The van der Waals surface area contributed by atoms with Crippen LogP contribution in [0, 0.1) is 11.8 Å². The van der Waals surface area contributed by atoms with Gasteiger partial charge in [0.2, 0.25) is 0 Å². The molecule has 0 bridgehead atoms. The zero-order valence-electron chi connectivity index (χ0n) is 11.4. The van der Waals surface area contributed by atoms with Crippen molar-refractivity contribution in [3.05, 3.63) is 29.8 Å². The van der Waals surface area contributed by atoms with Crippen molar-refractivity contribution in [2.45, 2.75) is 38.2 Å². The van der Waals surface area contributed by atoms with Crippen LogP contribution >= 0.6 is 0 Å². The van der Waals surface area contributed by atoms with E-state index >= 15 is 0 Å². The fourth-order valence-corrected chi connectivity index (χ4v) is 2.81. The minimum Gasteiger partial charge on any atom is -0.388 e. The van der Waals surface area contributed by atoms with Gasteiger partial charge < -0.3 is 5.11 Å². The van der Waals surface area contributed by atoms with Crippen molar-refractivity contribution >= 4 is 9.84 Å². The molecule has 4 heteroatoms. The molecule has 0 amide bonds. The Labute approximate surface area is 110 Å². The SMILES string of the molecule is CC(C)CC(C)C(O)c1cccc(S(C)(=O)=O)c1. The van der Waals surface area contributed by atoms with Crippen molar-refractivity contribution in [1.29, 1.82) is 0 Å². The summed E-state index contributed by atoms with van der Waals surface area (Å²) in [5.74, 6) is 0.618. The molecule has 0 fully saturated rings. The predicted molar refractivity (Wildman–Crippen MR) is 73.1 cm³/mol. The molecule has 18 heavy (non-hydrogen) atoms. The van der Waals surface area contributed by atoms with Gasteiger partial charge in [0.15, 0.2) is 9.84 Å². The average Bonchev–Trinajstić information content (AvgIpc) is 2.26. The summed E-state index contributed by atoms with van der Waals surface area (Å²) in [4.78, 5) is 0.260. The van der Waals surface area contributed by atoms with Crippen LogP contribution in [0.2, 0.25) is 0 Å². The van der Waals surface area contributed by atoms with E-state index in [1.807, 2.05) is 6.92 Å². The summed E-state index contributed by atoms with van der Waals surface area (Å²) in [6, 6.07) is 6.57. The maximum Gasteiger partial charge on any atom is 0.175 e. The molecule has 1 aromatic carbocycles. The van der Waals surface area contributed by atoms with Crippen LogP contribution in [0.25, 0.3) is 0 Å². The van der Waals surface area contributed by atoms with Crippen molar-refractivity contribution in [3.63, 3.8) is 0 Å². The molecule has 0 saturated heterocycles. The molecule has 0 aromatic heterocycles. The van der Waals surface area contributed by atoms with Crippen molar-refractivity contribution in [2.24, 2.45) is 11.8 Å². The molecule has 0 saturated carbocycles. The third-order valence-corrected chi connectivity index (χ3v) is 4.12. The van der Waals surface area contributed by atoms with Gasteiger partial charge in [-0.1, -0.05) is 32.9 Å². The van der Waals surface area contributed by atoms with E-state index in [2.05, 4.69) is 13.8 Å². The summed E-state index contributed by atoms with van der Waals surface area (Å²) in [5, 5.41) is 10.2. The number of rotatable bonds is 5. The Balaban J connectivity index is 2.97. The Bertz CT molecular complexity index is 492. The molecule has 0 spiro atoms. The van der Waals surface area contributed by atoms with Gasteiger partial charge in [0.05, 0.1) is 11.0 Å². The van der Waals surface area contributed by atoms with Crippen molar-refractivity contribution in [1.82, 2.24) is 0 Å². The van der Waals surface area contributed by atoms with E-state index in [4.69, 9.17) is 0 Å². The topological polar surface area (TPSA) is 54.4 Å². The molecule has 2 unspecified atom stereocenters. The molecule has 0 radical (unpaired) electrons. The monoisotopic (exact) mass is 270 g/mol. The number of hydrogen-bond acceptors (Lipinski definition) is 3. The number of hydrogen-bond donors (Lipinski definition) is 1. The fraction of sp³-hybridized carbons (Fsp3) is 0.571. The number of aliphatic hydroxyl groups excluding tert-OH is 1. The Hall–Kier alpha value is -0.870. The average molecular weight is 270 g/mol. The summed E-state index contributed by atoms with van der Waals surface area (Å²) < 4.78 is 22.9. The van der Waals surface area contributed by atoms with Crippen LogP contribution in [0.4, 0.5) is 0 Å². The van der Waals surface area contributed by atoms with Gasteiger partial charge in [-0.25, -0.2) is 8.42 Å². The number of aliphatic hydroxyl groups is 1. The van der Waals surface area contributed by atoms with Gasteiger partial charge in [-0.05, 0) is 36.0 Å². The van der Waals surface area contributed by atoms with E-state index in [1.165, 1.54) is 6.26 Å². The lowest BCUT2D eigenvalue weighted by Gasteiger charge is -2.21. The van der Waals surface area contributed by atoms with E-state index in [1.54, 1.807) is 24.3 Å². The molecule has 102 valence electrons. The molecule has 3 nitrogen and oxygen atoms in total.